The van der Waals surface area contributed by atoms with Gasteiger partial charge >= 0.3 is 0 Å². The van der Waals surface area contributed by atoms with E-state index in [4.69, 9.17) is 27.4 Å². The Kier molecular flexibility index (Phi) is 4.34. The molecule has 0 radical (unpaired) electrons. The van der Waals surface area contributed by atoms with Crippen LogP contribution in [0.5, 0.6) is 11.5 Å². The molecule has 0 atom stereocenters. The van der Waals surface area contributed by atoms with E-state index in [2.05, 4.69) is 4.98 Å². The average molecular weight is 294 g/mol. The molecule has 1 heterocycles. The summed E-state index contributed by atoms with van der Waals surface area (Å²) in [5, 5.41) is 0.810. The van der Waals surface area contributed by atoms with E-state index < -0.39 is 0 Å². The summed E-state index contributed by atoms with van der Waals surface area (Å²) in [5.74, 6) is 1.38. The molecule has 2 aromatic rings. The third-order valence-electron chi connectivity index (χ3n) is 2.47. The molecule has 4 nitrogen and oxygen atoms in total. The van der Waals surface area contributed by atoms with Crippen molar-refractivity contribution in [1.82, 2.24) is 4.98 Å². The van der Waals surface area contributed by atoms with Crippen molar-refractivity contribution in [2.45, 2.75) is 6.92 Å². The van der Waals surface area contributed by atoms with Crippen molar-refractivity contribution in [2.75, 3.05) is 13.7 Å². The van der Waals surface area contributed by atoms with E-state index in [1.807, 2.05) is 25.1 Å². The number of rotatable bonds is 5. The predicted octanol–water partition coefficient (Wildman–Crippen LogP) is 2.85. The number of benzene rings is 1. The van der Waals surface area contributed by atoms with Gasteiger partial charge in [0.25, 0.3) is 0 Å². The number of thiazole rings is 1. The van der Waals surface area contributed by atoms with Crippen molar-refractivity contribution >= 4 is 28.5 Å². The standard InChI is InChI=1S/C13H14N2O2S2/c1-3-17-11-8(5-4-6-9(11)16-2)13-15-7-10(19-13)12(14)18/h4-7H,3H2,1-2H3,(H2,14,18). The molecular formula is C13H14N2O2S2. The molecule has 0 aliphatic rings. The Morgan fingerprint density at radius 3 is 2.84 bits per heavy atom. The van der Waals surface area contributed by atoms with Crippen LogP contribution in [0.1, 0.15) is 11.8 Å². The number of thiocarbonyl (C=S) groups is 1. The molecule has 0 saturated carbocycles. The fourth-order valence-corrected chi connectivity index (χ4v) is 2.62. The lowest BCUT2D eigenvalue weighted by Crippen LogP contribution is -2.06. The quantitative estimate of drug-likeness (QED) is 0.859. The number of ether oxygens (including phenoxy) is 2. The molecule has 19 heavy (non-hydrogen) atoms. The fraction of sp³-hybridized carbons (Fsp3) is 0.231. The van der Waals surface area contributed by atoms with Gasteiger partial charge in [-0.1, -0.05) is 18.3 Å². The second-order valence-electron chi connectivity index (χ2n) is 3.66. The molecule has 0 amide bonds. The number of hydrogen-bond donors (Lipinski definition) is 1. The summed E-state index contributed by atoms with van der Waals surface area (Å²) in [6.45, 7) is 2.49. The van der Waals surface area contributed by atoms with Crippen LogP contribution in [0.2, 0.25) is 0 Å². The van der Waals surface area contributed by atoms with Gasteiger partial charge in [0, 0.05) is 6.20 Å². The number of methoxy groups -OCH3 is 1. The number of hydrogen-bond acceptors (Lipinski definition) is 5. The maximum atomic E-state index is 5.66. The molecule has 1 aromatic carbocycles. The van der Waals surface area contributed by atoms with Crippen LogP contribution in [0.15, 0.2) is 24.4 Å². The van der Waals surface area contributed by atoms with Gasteiger partial charge < -0.3 is 15.2 Å². The average Bonchev–Trinajstić information content (AvgIpc) is 2.89. The molecule has 0 aliphatic carbocycles. The second kappa shape index (κ2) is 5.99. The first-order chi connectivity index (χ1) is 9.17. The van der Waals surface area contributed by atoms with E-state index in [1.165, 1.54) is 11.3 Å². The van der Waals surface area contributed by atoms with E-state index in [9.17, 15) is 0 Å². The lowest BCUT2D eigenvalue weighted by molar-refractivity contribution is 0.312. The van der Waals surface area contributed by atoms with Crippen LogP contribution in [0.4, 0.5) is 0 Å². The first-order valence-electron chi connectivity index (χ1n) is 5.73. The van der Waals surface area contributed by atoms with Crippen molar-refractivity contribution in [3.63, 3.8) is 0 Å². The maximum Gasteiger partial charge on any atom is 0.171 e. The minimum absolute atomic E-state index is 0.351. The van der Waals surface area contributed by atoms with Gasteiger partial charge in [0.15, 0.2) is 11.5 Å². The van der Waals surface area contributed by atoms with Crippen molar-refractivity contribution in [2.24, 2.45) is 5.73 Å². The van der Waals surface area contributed by atoms with Gasteiger partial charge in [0.05, 0.1) is 24.2 Å². The maximum absolute atomic E-state index is 5.66. The third kappa shape index (κ3) is 2.85. The smallest absolute Gasteiger partial charge is 0.171 e. The Balaban J connectivity index is 2.50. The Morgan fingerprint density at radius 1 is 1.47 bits per heavy atom. The highest BCUT2D eigenvalue weighted by atomic mass is 32.1. The van der Waals surface area contributed by atoms with Crippen molar-refractivity contribution in [1.29, 1.82) is 0 Å². The zero-order valence-corrected chi connectivity index (χ0v) is 12.3. The molecular weight excluding hydrogens is 280 g/mol. The molecule has 0 bridgehead atoms. The Labute approximate surface area is 121 Å². The van der Waals surface area contributed by atoms with Crippen LogP contribution in [0.3, 0.4) is 0 Å². The molecule has 2 N–H and O–H groups in total. The third-order valence-corrected chi connectivity index (χ3v) is 3.88. The van der Waals surface area contributed by atoms with E-state index in [0.717, 1.165) is 15.4 Å². The van der Waals surface area contributed by atoms with Crippen LogP contribution in [0.25, 0.3) is 10.6 Å². The van der Waals surface area contributed by atoms with Gasteiger partial charge in [-0.25, -0.2) is 4.98 Å². The first-order valence-corrected chi connectivity index (χ1v) is 6.95. The number of aromatic nitrogens is 1. The second-order valence-corrected chi connectivity index (χ2v) is 5.13. The van der Waals surface area contributed by atoms with Crippen LogP contribution in [-0.4, -0.2) is 23.7 Å². The molecule has 6 heteroatoms. The van der Waals surface area contributed by atoms with Crippen LogP contribution >= 0.6 is 23.6 Å². The minimum atomic E-state index is 0.351. The first kappa shape index (κ1) is 13.8. The van der Waals surface area contributed by atoms with E-state index in [0.29, 0.717) is 23.1 Å². The molecule has 0 aliphatic heterocycles. The van der Waals surface area contributed by atoms with Gasteiger partial charge in [0.2, 0.25) is 0 Å². The van der Waals surface area contributed by atoms with Gasteiger partial charge in [0.1, 0.15) is 10.00 Å². The monoisotopic (exact) mass is 294 g/mol. The number of para-hydroxylation sites is 1. The van der Waals surface area contributed by atoms with Crippen LogP contribution < -0.4 is 15.2 Å². The highest BCUT2D eigenvalue weighted by molar-refractivity contribution is 7.81. The minimum Gasteiger partial charge on any atom is -0.493 e. The molecule has 1 aromatic heterocycles. The topological polar surface area (TPSA) is 57.4 Å². The summed E-state index contributed by atoms with van der Waals surface area (Å²) >= 11 is 6.39. The lowest BCUT2D eigenvalue weighted by Gasteiger charge is -2.12. The van der Waals surface area contributed by atoms with Crippen molar-refractivity contribution in [3.05, 3.63) is 29.3 Å². The normalized spacial score (nSPS) is 10.2. The summed E-state index contributed by atoms with van der Waals surface area (Å²) in [4.78, 5) is 5.48. The molecule has 0 fully saturated rings. The summed E-state index contributed by atoms with van der Waals surface area (Å²) < 4.78 is 11.0. The van der Waals surface area contributed by atoms with Gasteiger partial charge in [-0.15, -0.1) is 11.3 Å². The summed E-state index contributed by atoms with van der Waals surface area (Å²) in [6, 6.07) is 5.70. The van der Waals surface area contributed by atoms with Crippen molar-refractivity contribution < 1.29 is 9.47 Å². The van der Waals surface area contributed by atoms with E-state index in [-0.39, 0.29) is 0 Å². The Bertz CT molecular complexity index is 596. The zero-order valence-electron chi connectivity index (χ0n) is 10.7. The van der Waals surface area contributed by atoms with E-state index >= 15 is 0 Å². The molecule has 0 unspecified atom stereocenters. The summed E-state index contributed by atoms with van der Waals surface area (Å²) in [7, 11) is 1.62. The number of nitrogens with two attached hydrogens (primary N) is 1. The van der Waals surface area contributed by atoms with E-state index in [1.54, 1.807) is 13.3 Å². The SMILES string of the molecule is CCOc1c(OC)cccc1-c1ncc(C(N)=S)s1. The Hall–Kier alpha value is -1.66. The van der Waals surface area contributed by atoms with Gasteiger partial charge in [-0.3, -0.25) is 0 Å². The Morgan fingerprint density at radius 2 is 2.26 bits per heavy atom. The summed E-state index contributed by atoms with van der Waals surface area (Å²) in [6.07, 6.45) is 1.68. The number of nitrogens with zero attached hydrogens (tertiary/aromatic N) is 1. The lowest BCUT2D eigenvalue weighted by atomic mass is 10.2. The molecule has 2 rings (SSSR count). The van der Waals surface area contributed by atoms with Gasteiger partial charge in [-0.05, 0) is 19.1 Å². The van der Waals surface area contributed by atoms with Gasteiger partial charge in [-0.2, -0.15) is 0 Å². The summed E-state index contributed by atoms with van der Waals surface area (Å²) in [5.41, 5.74) is 6.49. The highest BCUT2D eigenvalue weighted by Gasteiger charge is 2.15. The fourth-order valence-electron chi connectivity index (χ4n) is 1.65. The van der Waals surface area contributed by atoms with Crippen LogP contribution in [0, 0.1) is 0 Å². The predicted molar refractivity (Wildman–Crippen MR) is 81.2 cm³/mol. The zero-order chi connectivity index (χ0) is 13.8. The van der Waals surface area contributed by atoms with Crippen molar-refractivity contribution in [3.8, 4) is 22.1 Å². The van der Waals surface area contributed by atoms with Crippen LogP contribution in [-0.2, 0) is 0 Å². The molecule has 0 saturated heterocycles. The highest BCUT2D eigenvalue weighted by Crippen LogP contribution is 2.39. The largest absolute Gasteiger partial charge is 0.493 e. The molecule has 0 spiro atoms. The molecule has 100 valence electrons.